The van der Waals surface area contributed by atoms with Gasteiger partial charge < -0.3 is 19.8 Å². The summed E-state index contributed by atoms with van der Waals surface area (Å²) in [5, 5.41) is 18.6. The van der Waals surface area contributed by atoms with Crippen LogP contribution in [-0.4, -0.2) is 29.7 Å². The third kappa shape index (κ3) is 36.2. The Bertz CT molecular complexity index is 341. The van der Waals surface area contributed by atoms with Gasteiger partial charge in [0, 0.05) is 18.4 Å². The van der Waals surface area contributed by atoms with Crippen LogP contribution in [0.2, 0.25) is 4.09 Å². The summed E-state index contributed by atoms with van der Waals surface area (Å²) in [6, 6.07) is 0. The number of carboxylic acid groups (broad SMARTS) is 2. The van der Waals surface area contributed by atoms with Crippen molar-refractivity contribution in [3.8, 4) is 0 Å². The van der Waals surface area contributed by atoms with Crippen LogP contribution in [-0.2, 0) is 9.59 Å². The van der Waals surface area contributed by atoms with Gasteiger partial charge >= 0.3 is 228 Å². The standard InChI is InChI=1S/C18H37.C3H4O4.2K.Li/c1-4-6-8-9-10-11-12-13-14-15-17-18(3)16-7-5-2;4-2(5)1-3(6)7;;;/h4-17H2,1-3H3;1H2,(H,4,5)(H,6,7);;;/q;;2*+1;/p-2. The Morgan fingerprint density at radius 1 is 0.679 bits per heavy atom. The van der Waals surface area contributed by atoms with E-state index >= 15 is 0 Å². The van der Waals surface area contributed by atoms with Gasteiger partial charge in [-0.1, -0.05) is 6.92 Å². The van der Waals surface area contributed by atoms with Crippen molar-refractivity contribution in [3.63, 3.8) is 0 Å². The molecule has 0 spiro atoms. The Labute approximate surface area is 268 Å². The van der Waals surface area contributed by atoms with Crippen molar-refractivity contribution in [2.45, 2.75) is 121 Å². The number of hydrogen-bond acceptors (Lipinski definition) is 4. The van der Waals surface area contributed by atoms with Gasteiger partial charge in [-0.2, -0.15) is 0 Å². The van der Waals surface area contributed by atoms with Gasteiger partial charge in [-0.3, -0.25) is 0 Å². The molecule has 0 heterocycles. The van der Waals surface area contributed by atoms with Gasteiger partial charge in [-0.05, 0) is 0 Å². The number of unbranched alkanes of at least 4 members (excludes halogenated alkanes) is 10. The first-order chi connectivity index (χ1) is 12.2. The molecule has 0 radical (unpaired) electrons. The second kappa shape index (κ2) is 27.8. The number of carbonyl (C=O) groups excluding carboxylic acids is 2. The summed E-state index contributed by atoms with van der Waals surface area (Å²) in [5.74, 6) is -3.25. The zero-order valence-electron chi connectivity index (χ0n) is 19.7. The fraction of sp³-hybridized carbons (Fsp3) is 0.905. The van der Waals surface area contributed by atoms with Gasteiger partial charge in [0.05, 0.1) is 0 Å². The molecule has 150 valence electrons. The summed E-state index contributed by atoms with van der Waals surface area (Å²) >= 11 is 2.45. The second-order valence-electron chi connectivity index (χ2n) is 8.12. The van der Waals surface area contributed by atoms with E-state index in [-0.39, 0.29) is 103 Å². The van der Waals surface area contributed by atoms with Crippen LogP contribution in [0.5, 0.6) is 0 Å². The molecule has 0 rings (SSSR count). The minimum Gasteiger partial charge on any atom is -0.0654 e. The molecule has 0 N–H and O–H groups in total. The van der Waals surface area contributed by atoms with Gasteiger partial charge in [0.25, 0.3) is 0 Å². The molecule has 0 amide bonds. The summed E-state index contributed by atoms with van der Waals surface area (Å²) in [7, 11) is 0. The van der Waals surface area contributed by atoms with E-state index in [0.29, 0.717) is 4.09 Å². The molecular weight excluding hydrogens is 401 g/mol. The fourth-order valence-corrected chi connectivity index (χ4v) is 2.99. The predicted molar refractivity (Wildman–Crippen MR) is 105 cm³/mol. The summed E-state index contributed by atoms with van der Waals surface area (Å²) in [6.07, 6.45) is 19.1. The zero-order chi connectivity index (χ0) is 20.3. The van der Waals surface area contributed by atoms with Crippen molar-refractivity contribution in [2.75, 3.05) is 0 Å². The molecule has 0 aliphatic rings. The first-order valence-electron chi connectivity index (χ1n) is 10.6. The van der Waals surface area contributed by atoms with Crippen LogP contribution < -0.4 is 113 Å². The van der Waals surface area contributed by atoms with Crippen LogP contribution in [0.15, 0.2) is 0 Å². The molecule has 0 aliphatic carbocycles. The van der Waals surface area contributed by atoms with Crippen molar-refractivity contribution in [1.29, 1.82) is 0 Å². The maximum atomic E-state index is 9.28. The third-order valence-corrected chi connectivity index (χ3v) is 4.70. The molecule has 0 aromatic rings. The normalized spacial score (nSPS) is 11.9. The molecule has 4 nitrogen and oxygen atoms in total. The van der Waals surface area contributed by atoms with Gasteiger partial charge in [-0.15, -0.1) is 0 Å². The molecule has 0 saturated carbocycles. The van der Waals surface area contributed by atoms with Gasteiger partial charge in [0.15, 0.2) is 0 Å². The average molecular weight is 441 g/mol. The van der Waals surface area contributed by atoms with Crippen LogP contribution in [0, 0.1) is 0 Å². The quantitative estimate of drug-likeness (QED) is 0.154. The number of hydrogen-bond donors (Lipinski definition) is 0. The molecule has 0 aromatic heterocycles. The molecule has 1 unspecified atom stereocenters. The smallest absolute Gasteiger partial charge is 0.0654 e. The van der Waals surface area contributed by atoms with Crippen molar-refractivity contribution in [1.82, 2.24) is 0 Å². The van der Waals surface area contributed by atoms with E-state index in [1.165, 1.54) is 89.9 Å². The number of carboxylic acids is 2. The van der Waals surface area contributed by atoms with Crippen LogP contribution in [0.1, 0.15) is 117 Å². The number of aliphatic carboxylic acids is 2. The number of carbonyl (C=O) groups is 2. The molecule has 0 saturated heterocycles. The second-order valence-corrected chi connectivity index (χ2v) is 8.12. The Balaban J connectivity index is -0.000000274. The van der Waals surface area contributed by atoms with Crippen LogP contribution >= 0.6 is 0 Å². The van der Waals surface area contributed by atoms with Crippen LogP contribution in [0.4, 0.5) is 0 Å². The number of rotatable bonds is 16. The van der Waals surface area contributed by atoms with Crippen LogP contribution in [0.25, 0.3) is 0 Å². The van der Waals surface area contributed by atoms with Gasteiger partial charge in [-0.25, -0.2) is 0 Å². The molecule has 7 heteroatoms. The first kappa shape index (κ1) is 38.1. The zero-order valence-corrected chi connectivity index (χ0v) is 26.0. The van der Waals surface area contributed by atoms with E-state index in [1.807, 2.05) is 0 Å². The Morgan fingerprint density at radius 3 is 1.32 bits per heavy atom. The van der Waals surface area contributed by atoms with E-state index in [0.717, 1.165) is 0 Å². The van der Waals surface area contributed by atoms with Crippen molar-refractivity contribution < 1.29 is 123 Å². The Morgan fingerprint density at radius 2 is 1.00 bits per heavy atom. The monoisotopic (exact) mass is 440 g/mol. The molecule has 0 aliphatic heterocycles. The van der Waals surface area contributed by atoms with Gasteiger partial charge in [0.2, 0.25) is 0 Å². The third-order valence-electron chi connectivity index (χ3n) is 4.70. The molecular formula is C21H39K2LiO4. The first-order valence-corrected chi connectivity index (χ1v) is 10.6. The fourth-order valence-electron chi connectivity index (χ4n) is 2.99. The van der Waals surface area contributed by atoms with E-state index in [9.17, 15) is 19.8 Å². The summed E-state index contributed by atoms with van der Waals surface area (Å²) in [4.78, 5) is 18.6. The summed E-state index contributed by atoms with van der Waals surface area (Å²) in [5.41, 5.74) is 0. The minimum atomic E-state index is -1.63. The predicted octanol–water partition coefficient (Wildman–Crippen LogP) is -2.28. The molecule has 0 fully saturated rings. The van der Waals surface area contributed by atoms with E-state index in [4.69, 9.17) is 0 Å². The van der Waals surface area contributed by atoms with Gasteiger partial charge in [0.1, 0.15) is 0 Å². The molecule has 28 heavy (non-hydrogen) atoms. The molecule has 0 aromatic carbocycles. The van der Waals surface area contributed by atoms with Crippen molar-refractivity contribution in [3.05, 3.63) is 0 Å². The molecule has 1 atom stereocenters. The van der Waals surface area contributed by atoms with Crippen molar-refractivity contribution in [2.24, 2.45) is 0 Å². The Hall–Kier alpha value is 2.81. The van der Waals surface area contributed by atoms with E-state index < -0.39 is 18.4 Å². The average Bonchev–Trinajstić information content (AvgIpc) is 2.54. The topological polar surface area (TPSA) is 80.3 Å². The SMILES string of the molecule is O=C([O-])CC(=O)[O-].[K+].[K+].[Li][C](C)(CCCC)CCCCCCCCCCCC. The summed E-state index contributed by atoms with van der Waals surface area (Å²) < 4.78 is 0.593. The van der Waals surface area contributed by atoms with E-state index in [1.54, 1.807) is 0 Å². The summed E-state index contributed by atoms with van der Waals surface area (Å²) in [6.45, 7) is 7.05. The van der Waals surface area contributed by atoms with Crippen molar-refractivity contribution >= 4 is 29.7 Å². The molecule has 0 bridgehead atoms. The van der Waals surface area contributed by atoms with E-state index in [2.05, 4.69) is 38.5 Å². The van der Waals surface area contributed by atoms with Crippen LogP contribution in [0.3, 0.4) is 0 Å². The Kier molecular flexibility index (Phi) is 37.9. The maximum absolute atomic E-state index is 9.28. The minimum absolute atomic E-state index is 0.